The van der Waals surface area contributed by atoms with Crippen molar-refractivity contribution in [1.82, 2.24) is 9.55 Å². The van der Waals surface area contributed by atoms with Gasteiger partial charge in [-0.25, -0.2) is 4.98 Å². The minimum absolute atomic E-state index is 0.0412. The van der Waals surface area contributed by atoms with Gasteiger partial charge in [0.15, 0.2) is 0 Å². The molecule has 0 amide bonds. The lowest BCUT2D eigenvalue weighted by molar-refractivity contribution is -0.385. The Hall–Kier alpha value is -1.73. The highest BCUT2D eigenvalue weighted by Crippen LogP contribution is 2.28. The molecule has 0 spiro atoms. The van der Waals surface area contributed by atoms with Crippen LogP contribution in [0.2, 0.25) is 5.15 Å². The van der Waals surface area contributed by atoms with Crippen LogP contribution >= 0.6 is 27.5 Å². The summed E-state index contributed by atoms with van der Waals surface area (Å²) in [6.07, 6.45) is 0.530. The number of hydrogen-bond donors (Lipinski definition) is 0. The van der Waals surface area contributed by atoms with Crippen molar-refractivity contribution < 1.29 is 4.92 Å². The number of rotatable bonds is 4. The first-order valence-electron chi connectivity index (χ1n) is 6.12. The largest absolute Gasteiger partial charge is 0.292 e. The van der Waals surface area contributed by atoms with E-state index in [1.807, 2.05) is 6.92 Å². The second kappa shape index (κ2) is 6.36. The lowest BCUT2D eigenvalue weighted by Gasteiger charge is -2.12. The van der Waals surface area contributed by atoms with Crippen LogP contribution in [0.4, 0.5) is 5.69 Å². The lowest BCUT2D eigenvalue weighted by atomic mass is 10.2. The fourth-order valence-electron chi connectivity index (χ4n) is 1.96. The van der Waals surface area contributed by atoms with Crippen molar-refractivity contribution >= 4 is 33.2 Å². The Morgan fingerprint density at radius 2 is 2.19 bits per heavy atom. The first kappa shape index (κ1) is 15.7. The molecule has 1 aromatic heterocycles. The van der Waals surface area contributed by atoms with Gasteiger partial charge in [0.2, 0.25) is 0 Å². The third-order valence-corrected chi connectivity index (χ3v) is 4.06. The summed E-state index contributed by atoms with van der Waals surface area (Å²) in [6, 6.07) is 5.93. The molecule has 0 aliphatic carbocycles. The zero-order valence-electron chi connectivity index (χ0n) is 11.0. The normalized spacial score (nSPS) is 10.6. The second-order valence-electron chi connectivity index (χ2n) is 4.28. The van der Waals surface area contributed by atoms with E-state index in [9.17, 15) is 14.9 Å². The molecule has 8 heteroatoms. The first-order valence-corrected chi connectivity index (χ1v) is 7.29. The number of aromatic nitrogens is 2. The molecule has 0 bridgehead atoms. The van der Waals surface area contributed by atoms with Gasteiger partial charge in [-0.2, -0.15) is 0 Å². The molecule has 1 heterocycles. The Morgan fingerprint density at radius 3 is 2.81 bits per heavy atom. The van der Waals surface area contributed by atoms with E-state index in [2.05, 4.69) is 20.9 Å². The van der Waals surface area contributed by atoms with Crippen LogP contribution in [0, 0.1) is 10.1 Å². The average molecular weight is 373 g/mol. The molecule has 0 aliphatic rings. The molecule has 6 nitrogen and oxygen atoms in total. The summed E-state index contributed by atoms with van der Waals surface area (Å²) < 4.78 is 1.81. The van der Waals surface area contributed by atoms with Gasteiger partial charge in [-0.3, -0.25) is 19.5 Å². The molecule has 110 valence electrons. The number of nitrogens with zero attached hydrogens (tertiary/aromatic N) is 3. The molecular weight excluding hydrogens is 362 g/mol. The van der Waals surface area contributed by atoms with Gasteiger partial charge in [-0.15, -0.1) is 0 Å². The maximum absolute atomic E-state index is 12.0. The summed E-state index contributed by atoms with van der Waals surface area (Å²) in [7, 11) is 0. The highest BCUT2D eigenvalue weighted by Gasteiger charge is 2.16. The van der Waals surface area contributed by atoms with E-state index in [4.69, 9.17) is 11.6 Å². The fraction of sp³-hybridized carbons (Fsp3) is 0.231. The smallest absolute Gasteiger partial charge is 0.283 e. The van der Waals surface area contributed by atoms with Gasteiger partial charge in [0.05, 0.1) is 11.5 Å². The number of nitro benzene ring substituents is 1. The molecule has 0 aliphatic heterocycles. The third kappa shape index (κ3) is 3.30. The van der Waals surface area contributed by atoms with E-state index >= 15 is 0 Å². The van der Waals surface area contributed by atoms with E-state index in [0.717, 1.165) is 0 Å². The Bertz CT molecular complexity index is 761. The molecule has 0 radical (unpaired) electrons. The van der Waals surface area contributed by atoms with Crippen molar-refractivity contribution in [2.24, 2.45) is 0 Å². The van der Waals surface area contributed by atoms with Crippen molar-refractivity contribution in [2.45, 2.75) is 19.9 Å². The van der Waals surface area contributed by atoms with Crippen LogP contribution in [0.25, 0.3) is 0 Å². The highest BCUT2D eigenvalue weighted by molar-refractivity contribution is 9.10. The van der Waals surface area contributed by atoms with Crippen LogP contribution in [-0.4, -0.2) is 14.5 Å². The van der Waals surface area contributed by atoms with Gasteiger partial charge >= 0.3 is 0 Å². The molecule has 2 aromatic rings. The van der Waals surface area contributed by atoms with Crippen molar-refractivity contribution in [3.63, 3.8) is 0 Å². The summed E-state index contributed by atoms with van der Waals surface area (Å²) in [4.78, 5) is 26.6. The zero-order chi connectivity index (χ0) is 15.6. The van der Waals surface area contributed by atoms with Crippen molar-refractivity contribution in [3.05, 3.63) is 65.7 Å². The monoisotopic (exact) mass is 371 g/mol. The summed E-state index contributed by atoms with van der Waals surface area (Å²) in [6.45, 7) is 2.05. The molecule has 0 N–H and O–H groups in total. The summed E-state index contributed by atoms with van der Waals surface area (Å²) >= 11 is 9.00. The van der Waals surface area contributed by atoms with Gasteiger partial charge in [-0.05, 0) is 21.5 Å². The number of hydrogen-bond acceptors (Lipinski definition) is 4. The Morgan fingerprint density at radius 1 is 1.48 bits per heavy atom. The summed E-state index contributed by atoms with van der Waals surface area (Å²) in [5, 5.41) is 11.1. The van der Waals surface area contributed by atoms with E-state index in [-0.39, 0.29) is 22.9 Å². The van der Waals surface area contributed by atoms with E-state index in [1.165, 1.54) is 16.7 Å². The van der Waals surface area contributed by atoms with Gasteiger partial charge < -0.3 is 0 Å². The fourth-order valence-corrected chi connectivity index (χ4v) is 2.69. The number of benzene rings is 1. The average Bonchev–Trinajstić information content (AvgIpc) is 2.42. The number of nitro groups is 1. The molecule has 0 fully saturated rings. The van der Waals surface area contributed by atoms with Gasteiger partial charge in [-0.1, -0.05) is 30.7 Å². The molecule has 0 atom stereocenters. The van der Waals surface area contributed by atoms with Crippen LogP contribution in [-0.2, 0) is 13.0 Å². The molecule has 0 unspecified atom stereocenters. The zero-order valence-corrected chi connectivity index (χ0v) is 13.4. The molecule has 21 heavy (non-hydrogen) atoms. The van der Waals surface area contributed by atoms with Crippen molar-refractivity contribution in [2.75, 3.05) is 0 Å². The minimum Gasteiger partial charge on any atom is -0.292 e. The van der Waals surface area contributed by atoms with Crippen molar-refractivity contribution in [3.8, 4) is 0 Å². The van der Waals surface area contributed by atoms with Crippen LogP contribution in [0.1, 0.15) is 18.3 Å². The van der Waals surface area contributed by atoms with Gasteiger partial charge in [0.1, 0.15) is 15.5 Å². The number of halogens is 2. The van der Waals surface area contributed by atoms with Crippen LogP contribution < -0.4 is 5.56 Å². The molecule has 0 saturated heterocycles. The quantitative estimate of drug-likeness (QED) is 0.469. The third-order valence-electron chi connectivity index (χ3n) is 2.96. The standard InChI is InChI=1S/C13H11BrClN3O3/c1-2-11-16-10(15)6-12(19)17(11)7-8-4-3-5-9(13(8)14)18(20)21/h3-6H,2,7H2,1H3. The topological polar surface area (TPSA) is 78.0 Å². The Kier molecular flexibility index (Phi) is 4.74. The van der Waals surface area contributed by atoms with Crippen LogP contribution in [0.5, 0.6) is 0 Å². The predicted molar refractivity (Wildman–Crippen MR) is 82.8 cm³/mol. The highest BCUT2D eigenvalue weighted by atomic mass is 79.9. The van der Waals surface area contributed by atoms with Crippen molar-refractivity contribution in [1.29, 1.82) is 0 Å². The van der Waals surface area contributed by atoms with Crippen LogP contribution in [0.3, 0.4) is 0 Å². The molecular formula is C13H11BrClN3O3. The summed E-state index contributed by atoms with van der Waals surface area (Å²) in [5.74, 6) is 0.533. The Labute approximate surface area is 133 Å². The molecule has 1 aromatic carbocycles. The first-order chi connectivity index (χ1) is 9.93. The maximum atomic E-state index is 12.0. The van der Waals surface area contributed by atoms with E-state index in [1.54, 1.807) is 12.1 Å². The minimum atomic E-state index is -0.475. The van der Waals surface area contributed by atoms with E-state index < -0.39 is 4.92 Å². The SMILES string of the molecule is CCc1nc(Cl)cc(=O)n1Cc1cccc([N+](=O)[O-])c1Br. The molecule has 0 saturated carbocycles. The van der Waals surface area contributed by atoms with Gasteiger partial charge in [0, 0.05) is 18.6 Å². The Balaban J connectivity index is 2.51. The van der Waals surface area contributed by atoms with Crippen LogP contribution in [0.15, 0.2) is 33.5 Å². The maximum Gasteiger partial charge on any atom is 0.283 e. The van der Waals surface area contributed by atoms with Gasteiger partial charge in [0.25, 0.3) is 11.2 Å². The van der Waals surface area contributed by atoms with E-state index in [0.29, 0.717) is 22.3 Å². The molecule has 2 rings (SSSR count). The summed E-state index contributed by atoms with van der Waals surface area (Å²) in [5.41, 5.74) is 0.302. The lowest BCUT2D eigenvalue weighted by Crippen LogP contribution is -2.25. The number of aryl methyl sites for hydroxylation is 1. The predicted octanol–water partition coefficient (Wildman–Crippen LogP) is 3.18. The second-order valence-corrected chi connectivity index (χ2v) is 5.46.